The molecule has 2 aromatic rings. The SMILES string of the molecule is COc1ccccc1C1c2cn[nH]c2N=C(C2CCN(C)CC2)C1C#N. The molecule has 0 amide bonds. The van der Waals surface area contributed by atoms with Crippen LogP contribution in [0, 0.1) is 23.2 Å². The van der Waals surface area contributed by atoms with Crippen LogP contribution in [0.3, 0.4) is 0 Å². The lowest BCUT2D eigenvalue weighted by molar-refractivity contribution is 0.249. The third kappa shape index (κ3) is 2.78. The van der Waals surface area contributed by atoms with Gasteiger partial charge in [-0.2, -0.15) is 10.4 Å². The molecule has 2 aliphatic rings. The van der Waals surface area contributed by atoms with Gasteiger partial charge in [-0.05, 0) is 39.0 Å². The Labute approximate surface area is 153 Å². The van der Waals surface area contributed by atoms with Gasteiger partial charge in [0.05, 0.1) is 25.3 Å². The van der Waals surface area contributed by atoms with Crippen molar-refractivity contribution in [2.75, 3.05) is 27.2 Å². The Balaban J connectivity index is 1.80. The second kappa shape index (κ2) is 6.93. The van der Waals surface area contributed by atoms with Crippen LogP contribution in [0.2, 0.25) is 0 Å². The third-order valence-electron chi connectivity index (χ3n) is 5.63. The summed E-state index contributed by atoms with van der Waals surface area (Å²) < 4.78 is 5.59. The van der Waals surface area contributed by atoms with Gasteiger partial charge in [0.1, 0.15) is 5.75 Å². The number of aromatic amines is 1. The van der Waals surface area contributed by atoms with E-state index in [2.05, 4.69) is 28.2 Å². The molecule has 2 aliphatic heterocycles. The highest BCUT2D eigenvalue weighted by molar-refractivity contribution is 5.96. The maximum Gasteiger partial charge on any atom is 0.151 e. The molecule has 134 valence electrons. The number of benzene rings is 1. The third-order valence-corrected chi connectivity index (χ3v) is 5.63. The molecule has 1 saturated heterocycles. The zero-order chi connectivity index (χ0) is 18.1. The summed E-state index contributed by atoms with van der Waals surface area (Å²) in [5.74, 6) is 1.50. The monoisotopic (exact) mass is 349 g/mol. The molecule has 0 bridgehead atoms. The summed E-state index contributed by atoms with van der Waals surface area (Å²) in [6.07, 6.45) is 3.87. The minimum atomic E-state index is -0.301. The van der Waals surface area contributed by atoms with Gasteiger partial charge in [0.15, 0.2) is 5.82 Å². The van der Waals surface area contributed by atoms with Crippen LogP contribution in [0.4, 0.5) is 5.82 Å². The van der Waals surface area contributed by atoms with Crippen LogP contribution in [0.1, 0.15) is 29.9 Å². The van der Waals surface area contributed by atoms with Crippen molar-refractivity contribution in [1.29, 1.82) is 5.26 Å². The number of para-hydroxylation sites is 1. The van der Waals surface area contributed by atoms with Gasteiger partial charge in [0.2, 0.25) is 0 Å². The van der Waals surface area contributed by atoms with Gasteiger partial charge in [-0.25, -0.2) is 4.99 Å². The molecule has 1 N–H and O–H groups in total. The Kier molecular flexibility index (Phi) is 4.48. The van der Waals surface area contributed by atoms with Crippen LogP contribution in [0.15, 0.2) is 35.5 Å². The molecule has 0 spiro atoms. The standard InChI is InChI=1S/C20H23N5O/c1-25-9-7-13(8-10-25)19-15(11-21)18(16-12-22-24-20(16)23-19)14-5-3-4-6-17(14)26-2/h3-6,12-13,15,18H,7-10H2,1-2H3,(H,22,24). The molecular weight excluding hydrogens is 326 g/mol. The zero-order valence-electron chi connectivity index (χ0n) is 15.1. The van der Waals surface area contributed by atoms with Gasteiger partial charge in [0.25, 0.3) is 0 Å². The van der Waals surface area contributed by atoms with Gasteiger partial charge in [-0.3, -0.25) is 5.10 Å². The first-order valence-corrected chi connectivity index (χ1v) is 9.05. The lowest BCUT2D eigenvalue weighted by Crippen LogP contribution is -2.38. The molecule has 2 atom stereocenters. The predicted octanol–water partition coefficient (Wildman–Crippen LogP) is 3.12. The summed E-state index contributed by atoms with van der Waals surface area (Å²) in [4.78, 5) is 7.19. The topological polar surface area (TPSA) is 77.3 Å². The lowest BCUT2D eigenvalue weighted by atomic mass is 9.73. The van der Waals surface area contributed by atoms with Crippen LogP contribution >= 0.6 is 0 Å². The van der Waals surface area contributed by atoms with Gasteiger partial charge in [0, 0.05) is 28.7 Å². The molecule has 1 fully saturated rings. The van der Waals surface area contributed by atoms with E-state index in [0.717, 1.165) is 54.3 Å². The number of methoxy groups -OCH3 is 1. The number of aliphatic imine (C=N–C) groups is 1. The van der Waals surface area contributed by atoms with Crippen molar-refractivity contribution < 1.29 is 4.74 Å². The number of nitrogens with zero attached hydrogens (tertiary/aromatic N) is 4. The molecule has 26 heavy (non-hydrogen) atoms. The smallest absolute Gasteiger partial charge is 0.151 e. The number of hydrogen-bond donors (Lipinski definition) is 1. The summed E-state index contributed by atoms with van der Waals surface area (Å²) in [5, 5.41) is 17.3. The van der Waals surface area contributed by atoms with Crippen molar-refractivity contribution in [2.24, 2.45) is 16.8 Å². The molecule has 3 heterocycles. The fourth-order valence-electron chi connectivity index (χ4n) is 4.22. The van der Waals surface area contributed by atoms with E-state index in [0.29, 0.717) is 5.92 Å². The number of piperidine rings is 1. The number of fused-ring (bicyclic) bond motifs is 1. The van der Waals surface area contributed by atoms with E-state index in [9.17, 15) is 5.26 Å². The molecule has 2 unspecified atom stereocenters. The van der Waals surface area contributed by atoms with Crippen LogP contribution in [0.5, 0.6) is 5.75 Å². The number of likely N-dealkylation sites (tertiary alicyclic amines) is 1. The normalized spacial score (nSPS) is 23.8. The Bertz CT molecular complexity index is 857. The van der Waals surface area contributed by atoms with Crippen LogP contribution in [-0.4, -0.2) is 48.1 Å². The maximum atomic E-state index is 10.1. The second-order valence-corrected chi connectivity index (χ2v) is 7.11. The van der Waals surface area contributed by atoms with E-state index in [1.807, 2.05) is 24.3 Å². The van der Waals surface area contributed by atoms with Gasteiger partial charge in [-0.15, -0.1) is 0 Å². The van der Waals surface area contributed by atoms with Gasteiger partial charge >= 0.3 is 0 Å². The van der Waals surface area contributed by atoms with Crippen LogP contribution in [0.25, 0.3) is 0 Å². The number of rotatable bonds is 3. The van der Waals surface area contributed by atoms with E-state index in [4.69, 9.17) is 9.73 Å². The Hall–Kier alpha value is -2.65. The fourth-order valence-corrected chi connectivity index (χ4v) is 4.22. The Morgan fingerprint density at radius 2 is 2.00 bits per heavy atom. The van der Waals surface area contributed by atoms with E-state index >= 15 is 0 Å². The van der Waals surface area contributed by atoms with E-state index in [1.165, 1.54) is 0 Å². The highest BCUT2D eigenvalue weighted by Gasteiger charge is 2.40. The Morgan fingerprint density at radius 1 is 1.23 bits per heavy atom. The van der Waals surface area contributed by atoms with Crippen molar-refractivity contribution in [2.45, 2.75) is 18.8 Å². The van der Waals surface area contributed by atoms with Crippen molar-refractivity contribution in [3.05, 3.63) is 41.6 Å². The average molecular weight is 349 g/mol. The second-order valence-electron chi connectivity index (χ2n) is 7.11. The number of aromatic nitrogens is 2. The molecule has 0 saturated carbocycles. The number of ether oxygens (including phenoxy) is 1. The van der Waals surface area contributed by atoms with Gasteiger partial charge in [-0.1, -0.05) is 18.2 Å². The number of H-pyrrole nitrogens is 1. The van der Waals surface area contributed by atoms with E-state index in [-0.39, 0.29) is 11.8 Å². The largest absolute Gasteiger partial charge is 0.496 e. The minimum absolute atomic E-state index is 0.114. The predicted molar refractivity (Wildman–Crippen MR) is 99.8 cm³/mol. The summed E-state index contributed by atoms with van der Waals surface area (Å²) in [7, 11) is 3.82. The van der Waals surface area contributed by atoms with Crippen LogP contribution in [-0.2, 0) is 0 Å². The first kappa shape index (κ1) is 16.8. The molecule has 0 radical (unpaired) electrons. The van der Waals surface area contributed by atoms with Crippen molar-refractivity contribution >= 4 is 11.5 Å². The number of hydrogen-bond acceptors (Lipinski definition) is 5. The number of nitriles is 1. The van der Waals surface area contributed by atoms with Crippen LogP contribution < -0.4 is 4.74 Å². The summed E-state index contributed by atoms with van der Waals surface area (Å²) in [6.45, 7) is 2.08. The molecular formula is C20H23N5O. The summed E-state index contributed by atoms with van der Waals surface area (Å²) in [5.41, 5.74) is 2.98. The highest BCUT2D eigenvalue weighted by atomic mass is 16.5. The van der Waals surface area contributed by atoms with Crippen molar-refractivity contribution in [3.8, 4) is 11.8 Å². The van der Waals surface area contributed by atoms with Crippen molar-refractivity contribution in [1.82, 2.24) is 15.1 Å². The zero-order valence-corrected chi connectivity index (χ0v) is 15.1. The molecule has 6 heteroatoms. The molecule has 1 aromatic carbocycles. The lowest BCUT2D eigenvalue weighted by Gasteiger charge is -2.35. The van der Waals surface area contributed by atoms with Crippen molar-refractivity contribution in [3.63, 3.8) is 0 Å². The summed E-state index contributed by atoms with van der Waals surface area (Å²) in [6, 6.07) is 10.5. The molecule has 6 nitrogen and oxygen atoms in total. The van der Waals surface area contributed by atoms with E-state index < -0.39 is 0 Å². The average Bonchev–Trinajstić information content (AvgIpc) is 3.15. The number of nitrogens with one attached hydrogen (secondary N) is 1. The Morgan fingerprint density at radius 3 is 2.73 bits per heavy atom. The highest BCUT2D eigenvalue weighted by Crippen LogP contribution is 2.46. The summed E-state index contributed by atoms with van der Waals surface area (Å²) >= 11 is 0. The molecule has 1 aromatic heterocycles. The first-order chi connectivity index (χ1) is 12.7. The van der Waals surface area contributed by atoms with E-state index in [1.54, 1.807) is 13.3 Å². The fraction of sp³-hybridized carbons (Fsp3) is 0.450. The maximum absolute atomic E-state index is 10.1. The first-order valence-electron chi connectivity index (χ1n) is 9.05. The molecule has 4 rings (SSSR count). The quantitative estimate of drug-likeness (QED) is 0.923. The minimum Gasteiger partial charge on any atom is -0.496 e. The molecule has 0 aliphatic carbocycles. The van der Waals surface area contributed by atoms with Gasteiger partial charge < -0.3 is 9.64 Å².